The van der Waals surface area contributed by atoms with Gasteiger partial charge in [-0.1, -0.05) is 6.92 Å². The van der Waals surface area contributed by atoms with Crippen LogP contribution in [0.3, 0.4) is 0 Å². The van der Waals surface area contributed by atoms with Crippen LogP contribution in [0.4, 0.5) is 0 Å². The number of aliphatic hydroxyl groups is 1. The van der Waals surface area contributed by atoms with Crippen molar-refractivity contribution in [2.24, 2.45) is 0 Å². The maximum absolute atomic E-state index is 11.4. The number of nitrogens with one attached hydrogen (secondary N) is 2. The molecule has 1 rings (SSSR count). The predicted octanol–water partition coefficient (Wildman–Crippen LogP) is -0.729. The Morgan fingerprint density at radius 1 is 1.67 bits per heavy atom. The quantitative estimate of drug-likeness (QED) is 0.612. The molecule has 1 atom stereocenters. The van der Waals surface area contributed by atoms with E-state index in [0.29, 0.717) is 6.42 Å². The Bertz CT molecular complexity index is 368. The molecule has 1 heterocycles. The third-order valence-corrected chi connectivity index (χ3v) is 1.88. The highest BCUT2D eigenvalue weighted by Gasteiger charge is 2.08. The summed E-state index contributed by atoms with van der Waals surface area (Å²) in [6.07, 6.45) is 0.0102. The van der Waals surface area contributed by atoms with Crippen molar-refractivity contribution in [2.45, 2.75) is 19.4 Å². The molecule has 1 amide bonds. The number of amides is 1. The van der Waals surface area contributed by atoms with Crippen molar-refractivity contribution in [2.75, 3.05) is 6.54 Å². The van der Waals surface area contributed by atoms with Crippen LogP contribution < -0.4 is 10.9 Å². The summed E-state index contributed by atoms with van der Waals surface area (Å²) in [5.74, 6) is -0.418. The van der Waals surface area contributed by atoms with Crippen LogP contribution in [0.2, 0.25) is 0 Å². The molecule has 0 aliphatic rings. The molecule has 0 aromatic carbocycles. The second kappa shape index (κ2) is 5.26. The van der Waals surface area contributed by atoms with Crippen molar-refractivity contribution in [3.8, 4) is 0 Å². The number of aromatic amines is 1. The van der Waals surface area contributed by atoms with Crippen LogP contribution in [0, 0.1) is 0 Å². The smallest absolute Gasteiger partial charge is 0.271 e. The fraction of sp³-hybridized carbons (Fsp3) is 0.444. The number of rotatable bonds is 4. The predicted molar refractivity (Wildman–Crippen MR) is 53.5 cm³/mol. The van der Waals surface area contributed by atoms with E-state index in [9.17, 15) is 14.7 Å². The lowest BCUT2D eigenvalue weighted by molar-refractivity contribution is 0.0908. The van der Waals surface area contributed by atoms with E-state index in [1.807, 2.05) is 6.92 Å². The zero-order valence-corrected chi connectivity index (χ0v) is 8.36. The molecule has 0 saturated carbocycles. The van der Waals surface area contributed by atoms with Gasteiger partial charge in [0.15, 0.2) is 0 Å². The Balaban J connectivity index is 2.54. The van der Waals surface area contributed by atoms with Gasteiger partial charge in [0.05, 0.1) is 6.10 Å². The Kier molecular flexibility index (Phi) is 3.99. The molecule has 0 aliphatic carbocycles. The van der Waals surface area contributed by atoms with Crippen LogP contribution in [0.25, 0.3) is 0 Å². The summed E-state index contributed by atoms with van der Waals surface area (Å²) in [4.78, 5) is 22.0. The van der Waals surface area contributed by atoms with Gasteiger partial charge in [0, 0.05) is 12.6 Å². The maximum Gasteiger partial charge on any atom is 0.271 e. The summed E-state index contributed by atoms with van der Waals surface area (Å²) in [5.41, 5.74) is -0.238. The second-order valence-electron chi connectivity index (χ2n) is 3.08. The van der Waals surface area contributed by atoms with E-state index in [4.69, 9.17) is 0 Å². The van der Waals surface area contributed by atoms with Crippen LogP contribution >= 0.6 is 0 Å². The molecule has 0 aliphatic heterocycles. The first-order valence-electron chi connectivity index (χ1n) is 4.65. The number of carbonyl (C=O) groups excluding carboxylic acids is 1. The number of carbonyl (C=O) groups is 1. The highest BCUT2D eigenvalue weighted by molar-refractivity contribution is 5.91. The van der Waals surface area contributed by atoms with Crippen LogP contribution in [0.15, 0.2) is 16.9 Å². The van der Waals surface area contributed by atoms with Crippen molar-refractivity contribution in [3.63, 3.8) is 0 Å². The fourth-order valence-electron chi connectivity index (χ4n) is 0.916. The van der Waals surface area contributed by atoms with Crippen LogP contribution in [0.5, 0.6) is 0 Å². The van der Waals surface area contributed by atoms with Crippen molar-refractivity contribution in [3.05, 3.63) is 28.2 Å². The summed E-state index contributed by atoms with van der Waals surface area (Å²) < 4.78 is 0. The van der Waals surface area contributed by atoms with E-state index < -0.39 is 12.0 Å². The SMILES string of the molecule is CCC(O)CNC(=O)c1ccc(=O)[nH]n1. The number of nitrogens with zero attached hydrogens (tertiary/aromatic N) is 1. The summed E-state index contributed by atoms with van der Waals surface area (Å²) in [6.45, 7) is 1.99. The minimum atomic E-state index is -0.559. The molecule has 0 saturated heterocycles. The molecule has 0 radical (unpaired) electrons. The molecule has 15 heavy (non-hydrogen) atoms. The van der Waals surface area contributed by atoms with Crippen molar-refractivity contribution in [1.29, 1.82) is 0 Å². The van der Waals surface area contributed by atoms with E-state index in [-0.39, 0.29) is 17.8 Å². The lowest BCUT2D eigenvalue weighted by Crippen LogP contribution is -2.32. The van der Waals surface area contributed by atoms with Gasteiger partial charge in [0.2, 0.25) is 0 Å². The minimum absolute atomic E-state index is 0.123. The van der Waals surface area contributed by atoms with Gasteiger partial charge in [-0.2, -0.15) is 5.10 Å². The van der Waals surface area contributed by atoms with Crippen molar-refractivity contribution < 1.29 is 9.90 Å². The van der Waals surface area contributed by atoms with Gasteiger partial charge in [0.1, 0.15) is 5.69 Å². The van der Waals surface area contributed by atoms with Gasteiger partial charge < -0.3 is 10.4 Å². The number of aliphatic hydroxyl groups excluding tert-OH is 1. The third-order valence-electron chi connectivity index (χ3n) is 1.88. The first-order valence-corrected chi connectivity index (χ1v) is 4.65. The molecular formula is C9H13N3O3. The topological polar surface area (TPSA) is 95.1 Å². The Morgan fingerprint density at radius 2 is 2.40 bits per heavy atom. The first kappa shape index (κ1) is 11.4. The largest absolute Gasteiger partial charge is 0.391 e. The Hall–Kier alpha value is -1.69. The average Bonchev–Trinajstić information content (AvgIpc) is 2.26. The van der Waals surface area contributed by atoms with E-state index >= 15 is 0 Å². The second-order valence-corrected chi connectivity index (χ2v) is 3.08. The number of hydrogen-bond acceptors (Lipinski definition) is 4. The Morgan fingerprint density at radius 3 is 2.93 bits per heavy atom. The molecule has 0 fully saturated rings. The van der Waals surface area contributed by atoms with Gasteiger partial charge in [-0.05, 0) is 12.5 Å². The van der Waals surface area contributed by atoms with Gasteiger partial charge in [0.25, 0.3) is 11.5 Å². The van der Waals surface area contributed by atoms with Crippen LogP contribution in [-0.4, -0.2) is 33.9 Å². The lowest BCUT2D eigenvalue weighted by Gasteiger charge is -2.08. The zero-order valence-electron chi connectivity index (χ0n) is 8.36. The summed E-state index contributed by atoms with van der Waals surface area (Å²) in [5, 5.41) is 17.4. The minimum Gasteiger partial charge on any atom is -0.391 e. The van der Waals surface area contributed by atoms with Gasteiger partial charge in [-0.3, -0.25) is 9.59 Å². The number of aromatic nitrogens is 2. The van der Waals surface area contributed by atoms with Crippen molar-refractivity contribution in [1.82, 2.24) is 15.5 Å². The fourth-order valence-corrected chi connectivity index (χ4v) is 0.916. The molecule has 1 unspecified atom stereocenters. The van der Waals surface area contributed by atoms with Gasteiger partial charge >= 0.3 is 0 Å². The monoisotopic (exact) mass is 211 g/mol. The molecule has 6 nitrogen and oxygen atoms in total. The van der Waals surface area contributed by atoms with Gasteiger partial charge in [-0.25, -0.2) is 5.10 Å². The third kappa shape index (κ3) is 3.51. The van der Waals surface area contributed by atoms with Crippen molar-refractivity contribution >= 4 is 5.91 Å². The summed E-state index contributed by atoms with van der Waals surface area (Å²) in [7, 11) is 0. The summed E-state index contributed by atoms with van der Waals surface area (Å²) in [6, 6.07) is 2.55. The Labute approximate surface area is 86.3 Å². The summed E-state index contributed by atoms with van der Waals surface area (Å²) >= 11 is 0. The number of H-pyrrole nitrogens is 1. The molecular weight excluding hydrogens is 198 g/mol. The highest BCUT2D eigenvalue weighted by Crippen LogP contribution is 1.91. The van der Waals surface area contributed by atoms with Gasteiger partial charge in [-0.15, -0.1) is 0 Å². The average molecular weight is 211 g/mol. The molecule has 0 spiro atoms. The van der Waals surface area contributed by atoms with E-state index in [0.717, 1.165) is 0 Å². The highest BCUT2D eigenvalue weighted by atomic mass is 16.3. The molecule has 6 heteroatoms. The maximum atomic E-state index is 11.4. The molecule has 1 aromatic heterocycles. The normalized spacial score (nSPS) is 12.1. The van der Waals surface area contributed by atoms with E-state index in [2.05, 4.69) is 15.5 Å². The molecule has 1 aromatic rings. The molecule has 82 valence electrons. The standard InChI is InChI=1S/C9H13N3O3/c1-2-6(13)5-10-9(15)7-3-4-8(14)12-11-7/h3-4,6,13H,2,5H2,1H3,(H,10,15)(H,12,14). The van der Waals surface area contributed by atoms with Crippen LogP contribution in [-0.2, 0) is 0 Å². The van der Waals surface area contributed by atoms with E-state index in [1.54, 1.807) is 0 Å². The first-order chi connectivity index (χ1) is 7.13. The van der Waals surface area contributed by atoms with E-state index in [1.165, 1.54) is 12.1 Å². The zero-order chi connectivity index (χ0) is 11.3. The number of hydrogen-bond donors (Lipinski definition) is 3. The lowest BCUT2D eigenvalue weighted by atomic mass is 10.3. The van der Waals surface area contributed by atoms with Crippen LogP contribution in [0.1, 0.15) is 23.8 Å². The molecule has 0 bridgehead atoms. The molecule has 3 N–H and O–H groups in total.